The first-order chi connectivity index (χ1) is 16.0. The maximum absolute atomic E-state index is 12.9. The smallest absolute Gasteiger partial charge is 0.236 e. The number of aryl methyl sites for hydroxylation is 1. The van der Waals surface area contributed by atoms with Crippen LogP contribution in [0.15, 0.2) is 30.3 Å². The van der Waals surface area contributed by atoms with Gasteiger partial charge in [-0.2, -0.15) is 0 Å². The van der Waals surface area contributed by atoms with Crippen molar-refractivity contribution in [3.8, 4) is 0 Å². The number of rotatable bonds is 8. The molecule has 2 aliphatic heterocycles. The molecule has 33 heavy (non-hydrogen) atoms. The number of fused-ring (bicyclic) bond motifs is 1. The van der Waals surface area contributed by atoms with Crippen LogP contribution in [0.5, 0.6) is 0 Å². The summed E-state index contributed by atoms with van der Waals surface area (Å²) in [5.41, 5.74) is 3.24. The Balaban J connectivity index is 1.58. The Morgan fingerprint density at radius 1 is 1.12 bits per heavy atom. The fourth-order valence-corrected chi connectivity index (χ4v) is 5.03. The number of aromatic nitrogens is 2. The molecule has 0 unspecified atom stereocenters. The highest BCUT2D eigenvalue weighted by atomic mass is 16.2. The molecule has 176 valence electrons. The Kier molecular flexibility index (Phi) is 7.38. The van der Waals surface area contributed by atoms with Gasteiger partial charge in [-0.05, 0) is 58.6 Å². The number of anilines is 1. The van der Waals surface area contributed by atoms with Crippen molar-refractivity contribution >= 4 is 17.6 Å². The van der Waals surface area contributed by atoms with Crippen LogP contribution in [0, 0.1) is 6.92 Å². The zero-order valence-electron chi connectivity index (χ0n) is 20.1. The minimum atomic E-state index is 0.0153. The molecule has 0 N–H and O–H groups in total. The van der Waals surface area contributed by atoms with E-state index in [4.69, 9.17) is 9.97 Å². The summed E-state index contributed by atoms with van der Waals surface area (Å²) < 4.78 is 0. The van der Waals surface area contributed by atoms with Crippen LogP contribution in [0.3, 0.4) is 0 Å². The van der Waals surface area contributed by atoms with E-state index in [-0.39, 0.29) is 17.9 Å². The average Bonchev–Trinajstić information content (AvgIpc) is 3.28. The topological polar surface area (TPSA) is 69.6 Å². The first-order valence-electron chi connectivity index (χ1n) is 12.2. The SMILES string of the molecule is CCN(CC)C(=O)CN1CCC[C@H]1c1nc(C)c2c(n1)N(CCc1ccccc1)C(=O)CC2. The van der Waals surface area contributed by atoms with Crippen LogP contribution in [0.2, 0.25) is 0 Å². The van der Waals surface area contributed by atoms with Crippen LogP contribution in [-0.2, 0) is 22.4 Å². The van der Waals surface area contributed by atoms with Crippen LogP contribution >= 0.6 is 0 Å². The van der Waals surface area contributed by atoms with Gasteiger partial charge in [-0.25, -0.2) is 9.97 Å². The normalized spacial score (nSPS) is 18.5. The van der Waals surface area contributed by atoms with Crippen LogP contribution in [0.25, 0.3) is 0 Å². The van der Waals surface area contributed by atoms with Crippen molar-refractivity contribution in [2.75, 3.05) is 37.6 Å². The van der Waals surface area contributed by atoms with E-state index in [1.54, 1.807) is 0 Å². The maximum atomic E-state index is 12.9. The van der Waals surface area contributed by atoms with Crippen LogP contribution in [-0.4, -0.2) is 64.3 Å². The molecule has 0 bridgehead atoms. The molecule has 1 atom stereocenters. The van der Waals surface area contributed by atoms with Gasteiger partial charge in [0.25, 0.3) is 0 Å². The van der Waals surface area contributed by atoms with Crippen molar-refractivity contribution in [3.63, 3.8) is 0 Å². The van der Waals surface area contributed by atoms with Gasteiger partial charge in [-0.1, -0.05) is 30.3 Å². The van der Waals surface area contributed by atoms with Gasteiger partial charge >= 0.3 is 0 Å². The first-order valence-corrected chi connectivity index (χ1v) is 12.2. The molecule has 4 rings (SSSR count). The van der Waals surface area contributed by atoms with Crippen LogP contribution < -0.4 is 4.90 Å². The largest absolute Gasteiger partial charge is 0.342 e. The third-order valence-corrected chi connectivity index (χ3v) is 6.94. The summed E-state index contributed by atoms with van der Waals surface area (Å²) in [6, 6.07) is 10.3. The Bertz CT molecular complexity index is 990. The predicted molar refractivity (Wildman–Crippen MR) is 129 cm³/mol. The van der Waals surface area contributed by atoms with Crippen molar-refractivity contribution in [1.82, 2.24) is 19.8 Å². The third-order valence-electron chi connectivity index (χ3n) is 6.94. The summed E-state index contributed by atoms with van der Waals surface area (Å²) in [6.07, 6.45) is 3.93. The molecule has 7 nitrogen and oxygen atoms in total. The summed E-state index contributed by atoms with van der Waals surface area (Å²) in [5, 5.41) is 0. The zero-order valence-corrected chi connectivity index (χ0v) is 20.1. The van der Waals surface area contributed by atoms with Crippen LogP contribution in [0.1, 0.15) is 61.8 Å². The molecule has 7 heteroatoms. The van der Waals surface area contributed by atoms with Gasteiger partial charge in [0.2, 0.25) is 11.8 Å². The van der Waals surface area contributed by atoms with Gasteiger partial charge in [-0.15, -0.1) is 0 Å². The number of carbonyl (C=O) groups excluding carboxylic acids is 2. The third kappa shape index (κ3) is 5.08. The van der Waals surface area contributed by atoms with E-state index < -0.39 is 0 Å². The number of likely N-dealkylation sites (N-methyl/N-ethyl adjacent to an activating group) is 1. The molecular weight excluding hydrogens is 414 g/mol. The number of likely N-dealkylation sites (tertiary alicyclic amines) is 1. The molecule has 2 aromatic rings. The van der Waals surface area contributed by atoms with Crippen LogP contribution in [0.4, 0.5) is 5.82 Å². The molecule has 1 aromatic heterocycles. The predicted octanol–water partition coefficient (Wildman–Crippen LogP) is 3.31. The van der Waals surface area contributed by atoms with E-state index in [1.165, 1.54) is 5.56 Å². The molecular formula is C26H35N5O2. The Hall–Kier alpha value is -2.80. The molecule has 0 aliphatic carbocycles. The quantitative estimate of drug-likeness (QED) is 0.618. The summed E-state index contributed by atoms with van der Waals surface area (Å²) >= 11 is 0. The highest BCUT2D eigenvalue weighted by Crippen LogP contribution is 2.34. The lowest BCUT2D eigenvalue weighted by molar-refractivity contribution is -0.132. The number of amides is 2. The molecule has 1 fully saturated rings. The Morgan fingerprint density at radius 3 is 2.61 bits per heavy atom. The second-order valence-electron chi connectivity index (χ2n) is 8.94. The number of carbonyl (C=O) groups is 2. The van der Waals surface area contributed by atoms with E-state index in [9.17, 15) is 9.59 Å². The maximum Gasteiger partial charge on any atom is 0.236 e. The summed E-state index contributed by atoms with van der Waals surface area (Å²) in [7, 11) is 0. The molecule has 2 aliphatic rings. The van der Waals surface area contributed by atoms with Crippen molar-refractivity contribution in [3.05, 3.63) is 53.0 Å². The van der Waals surface area contributed by atoms with Crippen molar-refractivity contribution in [2.45, 2.75) is 58.9 Å². The molecule has 1 saturated heterocycles. The van der Waals surface area contributed by atoms with Gasteiger partial charge in [0.15, 0.2) is 0 Å². The minimum Gasteiger partial charge on any atom is -0.342 e. The lowest BCUT2D eigenvalue weighted by Crippen LogP contribution is -2.41. The van der Waals surface area contributed by atoms with E-state index in [1.807, 2.05) is 48.8 Å². The van der Waals surface area contributed by atoms with Gasteiger partial charge < -0.3 is 4.90 Å². The Morgan fingerprint density at radius 2 is 1.88 bits per heavy atom. The number of nitrogens with zero attached hydrogens (tertiary/aromatic N) is 5. The fourth-order valence-electron chi connectivity index (χ4n) is 5.03. The fraction of sp³-hybridized carbons (Fsp3) is 0.538. The summed E-state index contributed by atoms with van der Waals surface area (Å²) in [6.45, 7) is 9.37. The van der Waals surface area contributed by atoms with Crippen molar-refractivity contribution in [2.24, 2.45) is 0 Å². The van der Waals surface area contributed by atoms with Gasteiger partial charge in [0, 0.05) is 37.3 Å². The van der Waals surface area contributed by atoms with Crippen molar-refractivity contribution < 1.29 is 9.59 Å². The lowest BCUT2D eigenvalue weighted by atomic mass is 10.0. The van der Waals surface area contributed by atoms with Gasteiger partial charge in [0.05, 0.1) is 12.6 Å². The van der Waals surface area contributed by atoms with E-state index in [0.29, 0.717) is 25.9 Å². The molecule has 0 radical (unpaired) electrons. The number of hydrogen-bond donors (Lipinski definition) is 0. The summed E-state index contributed by atoms with van der Waals surface area (Å²) in [5.74, 6) is 1.80. The monoisotopic (exact) mass is 449 g/mol. The number of benzene rings is 1. The zero-order chi connectivity index (χ0) is 23.4. The van der Waals surface area contributed by atoms with Gasteiger partial charge in [0.1, 0.15) is 11.6 Å². The highest BCUT2D eigenvalue weighted by Gasteiger charge is 2.34. The minimum absolute atomic E-state index is 0.0153. The van der Waals surface area contributed by atoms with E-state index >= 15 is 0 Å². The second kappa shape index (κ2) is 10.4. The lowest BCUT2D eigenvalue weighted by Gasteiger charge is -2.31. The van der Waals surface area contributed by atoms with E-state index in [0.717, 1.165) is 61.8 Å². The molecule has 0 spiro atoms. The molecule has 3 heterocycles. The Labute approximate surface area is 196 Å². The van der Waals surface area contributed by atoms with Crippen molar-refractivity contribution in [1.29, 1.82) is 0 Å². The average molecular weight is 450 g/mol. The molecule has 0 saturated carbocycles. The standard InChI is InChI=1S/C26H35N5O2/c1-4-29(5-2)24(33)18-30-16-9-12-22(30)25-27-19(3)21-13-14-23(32)31(26(21)28-25)17-15-20-10-7-6-8-11-20/h6-8,10-11,22H,4-5,9,12-18H2,1-3H3/t22-/m0/s1. The highest BCUT2D eigenvalue weighted by molar-refractivity contribution is 5.95. The van der Waals surface area contributed by atoms with E-state index in [2.05, 4.69) is 17.0 Å². The summed E-state index contributed by atoms with van der Waals surface area (Å²) in [4.78, 5) is 41.4. The molecule has 1 aromatic carbocycles. The number of hydrogen-bond acceptors (Lipinski definition) is 5. The van der Waals surface area contributed by atoms with Gasteiger partial charge in [-0.3, -0.25) is 19.4 Å². The first kappa shape index (κ1) is 23.4. The molecule has 2 amide bonds. The second-order valence-corrected chi connectivity index (χ2v) is 8.94.